The third-order valence-electron chi connectivity index (χ3n) is 3.82. The molecule has 6 nitrogen and oxygen atoms in total. The average molecular weight is 346 g/mol. The number of nitrogens with one attached hydrogen (secondary N) is 1. The van der Waals surface area contributed by atoms with Crippen molar-refractivity contribution in [1.82, 2.24) is 10.3 Å². The van der Waals surface area contributed by atoms with Crippen molar-refractivity contribution in [3.05, 3.63) is 54.4 Å². The van der Waals surface area contributed by atoms with Crippen molar-refractivity contribution >= 4 is 15.7 Å². The van der Waals surface area contributed by atoms with Gasteiger partial charge in [-0.15, -0.1) is 0 Å². The van der Waals surface area contributed by atoms with Crippen molar-refractivity contribution < 1.29 is 17.9 Å². The minimum absolute atomic E-state index is 0.0594. The molecule has 1 aliphatic heterocycles. The quantitative estimate of drug-likeness (QED) is 0.894. The first kappa shape index (κ1) is 16.4. The van der Waals surface area contributed by atoms with Crippen LogP contribution in [0.3, 0.4) is 0 Å². The van der Waals surface area contributed by atoms with E-state index in [1.165, 1.54) is 0 Å². The molecular formula is C17H18N2O4S. The maximum absolute atomic E-state index is 12.0. The zero-order valence-corrected chi connectivity index (χ0v) is 13.8. The van der Waals surface area contributed by atoms with Gasteiger partial charge in [-0.25, -0.2) is 8.42 Å². The van der Waals surface area contributed by atoms with Gasteiger partial charge in [-0.2, -0.15) is 0 Å². The second-order valence-corrected chi connectivity index (χ2v) is 7.95. The number of nitrogens with zero attached hydrogens (tertiary/aromatic N) is 1. The number of benzene rings is 1. The fraction of sp³-hybridized carbons (Fsp3) is 0.294. The summed E-state index contributed by atoms with van der Waals surface area (Å²) in [5.41, 5.74) is 0.685. The van der Waals surface area contributed by atoms with E-state index >= 15 is 0 Å². The first-order valence-corrected chi connectivity index (χ1v) is 9.50. The number of hydrogen-bond donors (Lipinski definition) is 1. The van der Waals surface area contributed by atoms with E-state index in [1.807, 2.05) is 30.3 Å². The maximum atomic E-state index is 12.0. The van der Waals surface area contributed by atoms with Gasteiger partial charge in [-0.3, -0.25) is 9.78 Å². The Morgan fingerprint density at radius 3 is 2.58 bits per heavy atom. The number of sulfone groups is 1. The number of aromatic nitrogens is 1. The Kier molecular flexibility index (Phi) is 4.80. The van der Waals surface area contributed by atoms with E-state index in [0.717, 1.165) is 5.75 Å². The summed E-state index contributed by atoms with van der Waals surface area (Å²) in [5, 5.41) is 2.74. The lowest BCUT2D eigenvalue weighted by Gasteiger charge is -2.10. The molecule has 7 heteroatoms. The third-order valence-corrected chi connectivity index (χ3v) is 5.59. The molecule has 1 amide bonds. The standard InChI is InChI=1S/C17H18N2O4S/c20-17(13-8-9-24(21,22)12-13)19-10-14-6-7-16(11-18-14)23-15-4-2-1-3-5-15/h1-7,11,13H,8-10,12H2,(H,19,20). The zero-order valence-electron chi connectivity index (χ0n) is 13.0. The molecule has 0 bridgehead atoms. The molecule has 1 fully saturated rings. The number of ether oxygens (including phenoxy) is 1. The van der Waals surface area contributed by atoms with Crippen LogP contribution in [0.25, 0.3) is 0 Å². The van der Waals surface area contributed by atoms with Crippen LogP contribution in [0.2, 0.25) is 0 Å². The molecular weight excluding hydrogens is 328 g/mol. The van der Waals surface area contributed by atoms with E-state index in [2.05, 4.69) is 10.3 Å². The molecule has 0 radical (unpaired) electrons. The smallest absolute Gasteiger partial charge is 0.224 e. The molecule has 2 heterocycles. The van der Waals surface area contributed by atoms with Crippen LogP contribution in [0.15, 0.2) is 48.7 Å². The molecule has 1 unspecified atom stereocenters. The Morgan fingerprint density at radius 2 is 1.96 bits per heavy atom. The summed E-state index contributed by atoms with van der Waals surface area (Å²) < 4.78 is 28.4. The lowest BCUT2D eigenvalue weighted by molar-refractivity contribution is -0.124. The molecule has 1 saturated heterocycles. The lowest BCUT2D eigenvalue weighted by Crippen LogP contribution is -2.31. The van der Waals surface area contributed by atoms with Crippen LogP contribution in [-0.4, -0.2) is 30.8 Å². The van der Waals surface area contributed by atoms with Crippen molar-refractivity contribution in [3.8, 4) is 11.5 Å². The number of rotatable bonds is 5. The first-order chi connectivity index (χ1) is 11.5. The van der Waals surface area contributed by atoms with E-state index in [9.17, 15) is 13.2 Å². The molecule has 24 heavy (non-hydrogen) atoms. The van der Waals surface area contributed by atoms with Crippen molar-refractivity contribution in [2.45, 2.75) is 13.0 Å². The van der Waals surface area contributed by atoms with Gasteiger partial charge in [0.1, 0.15) is 11.5 Å². The number of amides is 1. The summed E-state index contributed by atoms with van der Waals surface area (Å²) in [7, 11) is -3.05. The van der Waals surface area contributed by atoms with Crippen molar-refractivity contribution in [3.63, 3.8) is 0 Å². The zero-order chi connectivity index (χ0) is 17.0. The van der Waals surface area contributed by atoms with E-state index in [4.69, 9.17) is 4.74 Å². The van der Waals surface area contributed by atoms with Crippen LogP contribution >= 0.6 is 0 Å². The molecule has 3 rings (SSSR count). The van der Waals surface area contributed by atoms with Crippen molar-refractivity contribution in [2.24, 2.45) is 5.92 Å². The molecule has 0 saturated carbocycles. The average Bonchev–Trinajstić information content (AvgIpc) is 2.95. The third kappa shape index (κ3) is 4.32. The predicted molar refractivity (Wildman–Crippen MR) is 89.4 cm³/mol. The highest BCUT2D eigenvalue weighted by molar-refractivity contribution is 7.91. The van der Waals surface area contributed by atoms with Gasteiger partial charge in [-0.05, 0) is 30.7 Å². The van der Waals surface area contributed by atoms with Gasteiger partial charge in [0.15, 0.2) is 9.84 Å². The Balaban J connectivity index is 1.52. The Labute approximate surface area is 140 Å². The Morgan fingerprint density at radius 1 is 1.17 bits per heavy atom. The van der Waals surface area contributed by atoms with E-state index in [-0.39, 0.29) is 24.0 Å². The summed E-state index contributed by atoms with van der Waals surface area (Å²) in [5.74, 6) is 0.685. The van der Waals surface area contributed by atoms with Crippen LogP contribution in [0.1, 0.15) is 12.1 Å². The lowest BCUT2D eigenvalue weighted by atomic mass is 10.1. The summed E-state index contributed by atoms with van der Waals surface area (Å²) in [6.07, 6.45) is 1.99. The van der Waals surface area contributed by atoms with Crippen LogP contribution in [-0.2, 0) is 21.2 Å². The minimum Gasteiger partial charge on any atom is -0.456 e. The van der Waals surface area contributed by atoms with Crippen molar-refractivity contribution in [2.75, 3.05) is 11.5 Å². The molecule has 1 N–H and O–H groups in total. The normalized spacial score (nSPS) is 18.9. The molecule has 126 valence electrons. The van der Waals surface area contributed by atoms with Gasteiger partial charge in [0.2, 0.25) is 5.91 Å². The van der Waals surface area contributed by atoms with Crippen LogP contribution < -0.4 is 10.1 Å². The van der Waals surface area contributed by atoms with Crippen LogP contribution in [0.4, 0.5) is 0 Å². The van der Waals surface area contributed by atoms with Gasteiger partial charge in [0.25, 0.3) is 0 Å². The highest BCUT2D eigenvalue weighted by Gasteiger charge is 2.32. The SMILES string of the molecule is O=C(NCc1ccc(Oc2ccccc2)cn1)C1CCS(=O)(=O)C1. The maximum Gasteiger partial charge on any atom is 0.224 e. The fourth-order valence-electron chi connectivity index (χ4n) is 2.52. The largest absolute Gasteiger partial charge is 0.456 e. The highest BCUT2D eigenvalue weighted by Crippen LogP contribution is 2.20. The van der Waals surface area contributed by atoms with E-state index in [0.29, 0.717) is 17.9 Å². The topological polar surface area (TPSA) is 85.4 Å². The number of para-hydroxylation sites is 1. The molecule has 0 aliphatic carbocycles. The van der Waals surface area contributed by atoms with Gasteiger partial charge < -0.3 is 10.1 Å². The number of carbonyl (C=O) groups is 1. The first-order valence-electron chi connectivity index (χ1n) is 7.68. The molecule has 1 aromatic heterocycles. The summed E-state index contributed by atoms with van der Waals surface area (Å²) in [6, 6.07) is 12.9. The number of carbonyl (C=O) groups excluding carboxylic acids is 1. The van der Waals surface area contributed by atoms with Crippen molar-refractivity contribution in [1.29, 1.82) is 0 Å². The van der Waals surface area contributed by atoms with Gasteiger partial charge in [0, 0.05) is 0 Å². The molecule has 0 spiro atoms. The molecule has 2 aromatic rings. The summed E-state index contributed by atoms with van der Waals surface area (Å²) >= 11 is 0. The second-order valence-electron chi connectivity index (χ2n) is 5.72. The van der Waals surface area contributed by atoms with E-state index < -0.39 is 15.8 Å². The Hall–Kier alpha value is -2.41. The number of hydrogen-bond acceptors (Lipinski definition) is 5. The van der Waals surface area contributed by atoms with Gasteiger partial charge in [0.05, 0.1) is 35.9 Å². The molecule has 1 aliphatic rings. The number of pyridine rings is 1. The highest BCUT2D eigenvalue weighted by atomic mass is 32.2. The van der Waals surface area contributed by atoms with E-state index in [1.54, 1.807) is 18.3 Å². The second kappa shape index (κ2) is 7.00. The molecule has 1 atom stereocenters. The monoisotopic (exact) mass is 346 g/mol. The van der Waals surface area contributed by atoms with Crippen LogP contribution in [0, 0.1) is 5.92 Å². The summed E-state index contributed by atoms with van der Waals surface area (Å²) in [4.78, 5) is 16.2. The predicted octanol–water partition coefficient (Wildman–Crippen LogP) is 1.92. The minimum atomic E-state index is -3.05. The molecule has 1 aromatic carbocycles. The van der Waals surface area contributed by atoms with Gasteiger partial charge >= 0.3 is 0 Å². The van der Waals surface area contributed by atoms with Crippen LogP contribution in [0.5, 0.6) is 11.5 Å². The van der Waals surface area contributed by atoms with Gasteiger partial charge in [-0.1, -0.05) is 18.2 Å². The summed E-state index contributed by atoms with van der Waals surface area (Å²) in [6.45, 7) is 0.265. The fourth-order valence-corrected chi connectivity index (χ4v) is 4.27. The Bertz CT molecular complexity index is 804.